The van der Waals surface area contributed by atoms with Crippen molar-refractivity contribution in [2.45, 2.75) is 12.6 Å². The Morgan fingerprint density at radius 3 is 2.33 bits per heavy atom. The lowest BCUT2D eigenvalue weighted by Gasteiger charge is -2.09. The Morgan fingerprint density at radius 2 is 1.87 bits per heavy atom. The van der Waals surface area contributed by atoms with Gasteiger partial charge in [-0.15, -0.1) is 0 Å². The van der Waals surface area contributed by atoms with Gasteiger partial charge in [0.05, 0.1) is 13.5 Å². The maximum atomic E-state index is 11.6. The van der Waals surface area contributed by atoms with E-state index >= 15 is 0 Å². The van der Waals surface area contributed by atoms with Gasteiger partial charge in [0.25, 0.3) is 0 Å². The van der Waals surface area contributed by atoms with Crippen LogP contribution in [-0.2, 0) is 9.53 Å². The summed E-state index contributed by atoms with van der Waals surface area (Å²) in [5.74, 6) is -0.550. The second kappa shape index (κ2) is 6.10. The molecule has 88 valence electrons. The van der Waals surface area contributed by atoms with Crippen LogP contribution in [0.4, 0.5) is 18.0 Å². The highest BCUT2D eigenvalue weighted by atomic mass is 19.4. The Hall–Kier alpha value is -1.47. The number of amides is 2. The van der Waals surface area contributed by atoms with Gasteiger partial charge in [-0.25, -0.2) is 4.79 Å². The molecule has 8 heteroatoms. The lowest BCUT2D eigenvalue weighted by Crippen LogP contribution is -2.41. The van der Waals surface area contributed by atoms with Gasteiger partial charge in [0.1, 0.15) is 6.54 Å². The third-order valence-electron chi connectivity index (χ3n) is 1.29. The van der Waals surface area contributed by atoms with Gasteiger partial charge in [0, 0.05) is 6.54 Å². The molecule has 0 atom stereocenters. The first-order chi connectivity index (χ1) is 6.85. The van der Waals surface area contributed by atoms with Crippen LogP contribution in [0.25, 0.3) is 0 Å². The molecule has 0 bridgehead atoms. The van der Waals surface area contributed by atoms with Gasteiger partial charge in [-0.3, -0.25) is 4.79 Å². The molecule has 0 aliphatic carbocycles. The van der Waals surface area contributed by atoms with Gasteiger partial charge in [-0.1, -0.05) is 0 Å². The lowest BCUT2D eigenvalue weighted by molar-refractivity contribution is -0.140. The molecule has 0 aliphatic rings. The zero-order valence-corrected chi connectivity index (χ0v) is 7.98. The number of hydrogen-bond donors (Lipinski definition) is 2. The van der Waals surface area contributed by atoms with Crippen LogP contribution in [0.3, 0.4) is 0 Å². The molecule has 0 spiro atoms. The van der Waals surface area contributed by atoms with Crippen molar-refractivity contribution in [2.75, 3.05) is 20.2 Å². The maximum absolute atomic E-state index is 11.6. The molecule has 0 aliphatic heterocycles. The number of ether oxygens (including phenoxy) is 1. The fraction of sp³-hybridized carbons (Fsp3) is 0.714. The second-order valence-electron chi connectivity index (χ2n) is 2.55. The molecule has 2 amide bonds. The Balaban J connectivity index is 3.54. The first kappa shape index (κ1) is 13.5. The molecule has 0 aromatic carbocycles. The smallest absolute Gasteiger partial charge is 0.405 e. The van der Waals surface area contributed by atoms with E-state index in [2.05, 4.69) is 10.1 Å². The predicted molar refractivity (Wildman–Crippen MR) is 44.1 cm³/mol. The molecule has 15 heavy (non-hydrogen) atoms. The van der Waals surface area contributed by atoms with E-state index in [1.54, 1.807) is 5.32 Å². The third kappa shape index (κ3) is 8.85. The highest BCUT2D eigenvalue weighted by Crippen LogP contribution is 2.11. The van der Waals surface area contributed by atoms with Crippen molar-refractivity contribution in [2.24, 2.45) is 0 Å². The summed E-state index contributed by atoms with van der Waals surface area (Å²) in [6, 6.07) is -0.976. The Labute approximate surface area is 84.0 Å². The number of esters is 1. The number of nitrogens with one attached hydrogen (secondary N) is 2. The Morgan fingerprint density at radius 1 is 1.27 bits per heavy atom. The monoisotopic (exact) mass is 228 g/mol. The third-order valence-corrected chi connectivity index (χ3v) is 1.29. The molecule has 0 heterocycles. The zero-order chi connectivity index (χ0) is 11.9. The summed E-state index contributed by atoms with van der Waals surface area (Å²) in [5, 5.41) is 3.66. The fourth-order valence-electron chi connectivity index (χ4n) is 0.623. The summed E-state index contributed by atoms with van der Waals surface area (Å²) in [6.07, 6.45) is -4.53. The van der Waals surface area contributed by atoms with Crippen LogP contribution >= 0.6 is 0 Å². The van der Waals surface area contributed by atoms with E-state index in [0.29, 0.717) is 0 Å². The predicted octanol–water partition coefficient (Wildman–Crippen LogP) is 0.411. The van der Waals surface area contributed by atoms with Crippen LogP contribution in [0.15, 0.2) is 0 Å². The number of carbonyl (C=O) groups excluding carboxylic acids is 2. The highest BCUT2D eigenvalue weighted by molar-refractivity contribution is 5.75. The van der Waals surface area contributed by atoms with E-state index in [9.17, 15) is 22.8 Å². The van der Waals surface area contributed by atoms with Crippen molar-refractivity contribution in [1.29, 1.82) is 0 Å². The topological polar surface area (TPSA) is 67.4 Å². The van der Waals surface area contributed by atoms with Crippen molar-refractivity contribution < 1.29 is 27.5 Å². The van der Waals surface area contributed by atoms with E-state index in [1.165, 1.54) is 7.11 Å². The summed E-state index contributed by atoms with van der Waals surface area (Å²) >= 11 is 0. The second-order valence-corrected chi connectivity index (χ2v) is 2.55. The largest absolute Gasteiger partial charge is 0.469 e. The summed E-state index contributed by atoms with van der Waals surface area (Å²) in [7, 11) is 1.17. The summed E-state index contributed by atoms with van der Waals surface area (Å²) in [6.45, 7) is -1.48. The van der Waals surface area contributed by atoms with Gasteiger partial charge in [0.2, 0.25) is 0 Å². The molecule has 5 nitrogen and oxygen atoms in total. The molecule has 2 N–H and O–H groups in total. The number of alkyl halides is 3. The Kier molecular flexibility index (Phi) is 5.50. The van der Waals surface area contributed by atoms with E-state index in [-0.39, 0.29) is 13.0 Å². The number of urea groups is 1. The molecule has 0 saturated carbocycles. The van der Waals surface area contributed by atoms with Crippen LogP contribution in [0.5, 0.6) is 0 Å². The van der Waals surface area contributed by atoms with Gasteiger partial charge in [-0.2, -0.15) is 13.2 Å². The quantitative estimate of drug-likeness (QED) is 0.685. The standard InChI is InChI=1S/C7H11F3N2O3/c1-15-5(13)2-3-11-6(14)12-4-7(8,9)10/h2-4H2,1H3,(H2,11,12,14). The number of halogens is 3. The molecule has 0 radical (unpaired) electrons. The Bertz CT molecular complexity index is 230. The first-order valence-electron chi connectivity index (χ1n) is 4.00. The highest BCUT2D eigenvalue weighted by Gasteiger charge is 2.27. The molecule has 0 aromatic rings. The van der Waals surface area contributed by atoms with Crippen molar-refractivity contribution in [1.82, 2.24) is 10.6 Å². The minimum atomic E-state index is -4.44. The fourth-order valence-corrected chi connectivity index (χ4v) is 0.623. The van der Waals surface area contributed by atoms with Crippen LogP contribution in [0.1, 0.15) is 6.42 Å². The molecular formula is C7H11F3N2O3. The number of rotatable bonds is 4. The van der Waals surface area contributed by atoms with E-state index in [0.717, 1.165) is 0 Å². The number of methoxy groups -OCH3 is 1. The normalized spacial score (nSPS) is 10.7. The van der Waals surface area contributed by atoms with Gasteiger partial charge in [-0.05, 0) is 0 Å². The molecule has 0 aromatic heterocycles. The average Bonchev–Trinajstić information content (AvgIpc) is 2.13. The molecule has 0 saturated heterocycles. The number of carbonyl (C=O) groups is 2. The molecule has 0 rings (SSSR count). The molecular weight excluding hydrogens is 217 g/mol. The van der Waals surface area contributed by atoms with Crippen LogP contribution < -0.4 is 10.6 Å². The van der Waals surface area contributed by atoms with Gasteiger partial charge < -0.3 is 15.4 Å². The van der Waals surface area contributed by atoms with Crippen LogP contribution in [-0.4, -0.2) is 38.4 Å². The first-order valence-corrected chi connectivity index (χ1v) is 4.00. The maximum Gasteiger partial charge on any atom is 0.405 e. The van der Waals surface area contributed by atoms with Crippen LogP contribution in [0.2, 0.25) is 0 Å². The van der Waals surface area contributed by atoms with Crippen molar-refractivity contribution >= 4 is 12.0 Å². The zero-order valence-electron chi connectivity index (χ0n) is 7.98. The minimum absolute atomic E-state index is 0.0731. The van der Waals surface area contributed by atoms with E-state index in [1.807, 2.05) is 0 Å². The molecule has 0 unspecified atom stereocenters. The summed E-state index contributed by atoms with van der Waals surface area (Å²) < 4.78 is 39.1. The minimum Gasteiger partial charge on any atom is -0.469 e. The summed E-state index contributed by atoms with van der Waals surface area (Å²) in [5.41, 5.74) is 0. The number of hydrogen-bond acceptors (Lipinski definition) is 3. The van der Waals surface area contributed by atoms with Gasteiger partial charge in [0.15, 0.2) is 0 Å². The van der Waals surface area contributed by atoms with E-state index in [4.69, 9.17) is 0 Å². The van der Waals surface area contributed by atoms with E-state index < -0.39 is 24.7 Å². The van der Waals surface area contributed by atoms with Crippen molar-refractivity contribution in [3.05, 3.63) is 0 Å². The van der Waals surface area contributed by atoms with Gasteiger partial charge >= 0.3 is 18.2 Å². The summed E-state index contributed by atoms with van der Waals surface area (Å²) in [4.78, 5) is 21.2. The van der Waals surface area contributed by atoms with Crippen molar-refractivity contribution in [3.63, 3.8) is 0 Å². The van der Waals surface area contributed by atoms with Crippen molar-refractivity contribution in [3.8, 4) is 0 Å². The van der Waals surface area contributed by atoms with Crippen LogP contribution in [0, 0.1) is 0 Å². The SMILES string of the molecule is COC(=O)CCNC(=O)NCC(F)(F)F. The molecule has 0 fully saturated rings. The average molecular weight is 228 g/mol. The lowest BCUT2D eigenvalue weighted by atomic mass is 10.4.